The Hall–Kier alpha value is -1.51. The number of nitrogens with one attached hydrogen (secondary N) is 1. The van der Waals surface area contributed by atoms with Crippen LogP contribution < -0.4 is 4.72 Å². The Labute approximate surface area is 132 Å². The van der Waals surface area contributed by atoms with E-state index in [2.05, 4.69) is 15.0 Å². The highest BCUT2D eigenvalue weighted by molar-refractivity contribution is 7.89. The second kappa shape index (κ2) is 5.94. The fraction of sp³-hybridized carbons (Fsp3) is 0.385. The van der Waals surface area contributed by atoms with Crippen LogP contribution in [-0.4, -0.2) is 23.4 Å². The molecule has 0 unspecified atom stereocenters. The third-order valence-electron chi connectivity index (χ3n) is 3.60. The van der Waals surface area contributed by atoms with E-state index in [1.54, 1.807) is 10.9 Å². The lowest BCUT2D eigenvalue weighted by Crippen LogP contribution is -2.23. The SMILES string of the molecule is O=S(=O)(NCc1cn(C2CCC2)nn1)c1cc(F)cc(Cl)c1. The molecule has 0 amide bonds. The number of halogens is 2. The molecule has 1 heterocycles. The molecule has 1 aromatic heterocycles. The van der Waals surface area contributed by atoms with E-state index < -0.39 is 15.8 Å². The summed E-state index contributed by atoms with van der Waals surface area (Å²) >= 11 is 5.68. The van der Waals surface area contributed by atoms with Gasteiger partial charge in [0.05, 0.1) is 29.4 Å². The molecule has 0 spiro atoms. The molecule has 1 N–H and O–H groups in total. The van der Waals surface area contributed by atoms with Crippen molar-refractivity contribution in [2.75, 3.05) is 0 Å². The number of sulfonamides is 1. The van der Waals surface area contributed by atoms with Crippen molar-refractivity contribution >= 4 is 21.6 Å². The molecule has 1 aliphatic carbocycles. The zero-order valence-electron chi connectivity index (χ0n) is 11.5. The van der Waals surface area contributed by atoms with Gasteiger partial charge in [-0.25, -0.2) is 22.2 Å². The van der Waals surface area contributed by atoms with Crippen molar-refractivity contribution in [2.24, 2.45) is 0 Å². The van der Waals surface area contributed by atoms with Gasteiger partial charge in [0.25, 0.3) is 0 Å². The highest BCUT2D eigenvalue weighted by Crippen LogP contribution is 2.30. The summed E-state index contributed by atoms with van der Waals surface area (Å²) in [5.74, 6) is -0.705. The van der Waals surface area contributed by atoms with E-state index in [1.807, 2.05) is 0 Å². The van der Waals surface area contributed by atoms with Crippen LogP contribution in [0.1, 0.15) is 31.0 Å². The van der Waals surface area contributed by atoms with Crippen LogP contribution in [0.4, 0.5) is 4.39 Å². The van der Waals surface area contributed by atoms with Crippen LogP contribution in [0, 0.1) is 5.82 Å². The fourth-order valence-corrected chi connectivity index (χ4v) is 3.50. The van der Waals surface area contributed by atoms with Crippen LogP contribution in [-0.2, 0) is 16.6 Å². The van der Waals surface area contributed by atoms with E-state index in [9.17, 15) is 12.8 Å². The second-order valence-electron chi connectivity index (χ2n) is 5.20. The largest absolute Gasteiger partial charge is 0.249 e. The lowest BCUT2D eigenvalue weighted by atomic mass is 9.93. The average Bonchev–Trinajstić information content (AvgIpc) is 2.82. The standard InChI is InChI=1S/C13H14ClFN4O2S/c14-9-4-10(15)6-13(5-9)22(20,21)16-7-11-8-19(18-17-11)12-2-1-3-12/h4-6,8,12,16H,1-3,7H2. The fourth-order valence-electron chi connectivity index (χ4n) is 2.16. The number of nitrogens with zero attached hydrogens (tertiary/aromatic N) is 3. The van der Waals surface area contributed by atoms with Gasteiger partial charge in [0.2, 0.25) is 10.0 Å². The van der Waals surface area contributed by atoms with Crippen LogP contribution in [0.2, 0.25) is 5.02 Å². The van der Waals surface area contributed by atoms with Gasteiger partial charge in [-0.3, -0.25) is 0 Å². The van der Waals surface area contributed by atoms with Gasteiger partial charge in [-0.05, 0) is 37.5 Å². The summed E-state index contributed by atoms with van der Waals surface area (Å²) in [5.41, 5.74) is 0.512. The highest BCUT2D eigenvalue weighted by Gasteiger charge is 2.21. The van der Waals surface area contributed by atoms with Gasteiger partial charge in [-0.2, -0.15) is 0 Å². The molecule has 9 heteroatoms. The van der Waals surface area contributed by atoms with Crippen molar-refractivity contribution in [3.05, 3.63) is 40.9 Å². The van der Waals surface area contributed by atoms with Crippen molar-refractivity contribution < 1.29 is 12.8 Å². The topological polar surface area (TPSA) is 76.9 Å². The van der Waals surface area contributed by atoms with Gasteiger partial charge < -0.3 is 0 Å². The van der Waals surface area contributed by atoms with Gasteiger partial charge in [-0.15, -0.1) is 5.10 Å². The van der Waals surface area contributed by atoms with Gasteiger partial charge in [-0.1, -0.05) is 16.8 Å². The normalized spacial score (nSPS) is 15.7. The number of aromatic nitrogens is 3. The molecule has 22 heavy (non-hydrogen) atoms. The molecule has 1 aliphatic rings. The summed E-state index contributed by atoms with van der Waals surface area (Å²) in [7, 11) is -3.86. The molecule has 0 bridgehead atoms. The molecule has 0 radical (unpaired) electrons. The summed E-state index contributed by atoms with van der Waals surface area (Å²) in [5, 5.41) is 7.95. The molecule has 0 aliphatic heterocycles. The molecule has 6 nitrogen and oxygen atoms in total. The molecule has 118 valence electrons. The zero-order chi connectivity index (χ0) is 15.7. The zero-order valence-corrected chi connectivity index (χ0v) is 13.1. The Morgan fingerprint density at radius 1 is 1.36 bits per heavy atom. The van der Waals surface area contributed by atoms with E-state index >= 15 is 0 Å². The Morgan fingerprint density at radius 2 is 2.14 bits per heavy atom. The third-order valence-corrected chi connectivity index (χ3v) is 5.20. The lowest BCUT2D eigenvalue weighted by molar-refractivity contribution is 0.284. The van der Waals surface area contributed by atoms with Gasteiger partial charge in [0.15, 0.2) is 0 Å². The van der Waals surface area contributed by atoms with Crippen molar-refractivity contribution in [1.82, 2.24) is 19.7 Å². The van der Waals surface area contributed by atoms with Gasteiger partial charge in [0, 0.05) is 5.02 Å². The van der Waals surface area contributed by atoms with Crippen LogP contribution in [0.5, 0.6) is 0 Å². The first-order valence-electron chi connectivity index (χ1n) is 6.80. The minimum absolute atomic E-state index is 0.0107. The minimum atomic E-state index is -3.86. The summed E-state index contributed by atoms with van der Waals surface area (Å²) in [6.45, 7) is -0.0107. The number of hydrogen-bond donors (Lipinski definition) is 1. The molecule has 0 atom stereocenters. The second-order valence-corrected chi connectivity index (χ2v) is 7.41. The Balaban J connectivity index is 1.70. The Kier molecular flexibility index (Phi) is 4.16. The van der Waals surface area contributed by atoms with E-state index in [0.29, 0.717) is 11.7 Å². The monoisotopic (exact) mass is 344 g/mol. The first kappa shape index (κ1) is 15.4. The van der Waals surface area contributed by atoms with E-state index in [1.165, 1.54) is 12.5 Å². The maximum atomic E-state index is 13.3. The predicted molar refractivity (Wildman–Crippen MR) is 78.3 cm³/mol. The van der Waals surface area contributed by atoms with Gasteiger partial charge in [0.1, 0.15) is 5.82 Å². The average molecular weight is 345 g/mol. The smallest absolute Gasteiger partial charge is 0.241 e. The Bertz CT molecular complexity index is 769. The minimum Gasteiger partial charge on any atom is -0.249 e. The number of hydrogen-bond acceptors (Lipinski definition) is 4. The first-order chi connectivity index (χ1) is 10.4. The van der Waals surface area contributed by atoms with Crippen LogP contribution in [0.15, 0.2) is 29.3 Å². The number of rotatable bonds is 5. The van der Waals surface area contributed by atoms with Crippen LogP contribution in [0.3, 0.4) is 0 Å². The van der Waals surface area contributed by atoms with Gasteiger partial charge >= 0.3 is 0 Å². The molecular formula is C13H14ClFN4O2S. The Morgan fingerprint density at radius 3 is 2.77 bits per heavy atom. The predicted octanol–water partition coefficient (Wildman–Crippen LogP) is 2.27. The molecular weight excluding hydrogens is 331 g/mol. The molecule has 3 rings (SSSR count). The summed E-state index contributed by atoms with van der Waals surface area (Å²) < 4.78 is 41.6. The van der Waals surface area contributed by atoms with Crippen molar-refractivity contribution in [1.29, 1.82) is 0 Å². The molecule has 1 saturated carbocycles. The van der Waals surface area contributed by atoms with E-state index in [0.717, 1.165) is 25.0 Å². The number of benzene rings is 1. The van der Waals surface area contributed by atoms with Crippen LogP contribution in [0.25, 0.3) is 0 Å². The molecule has 0 saturated heterocycles. The van der Waals surface area contributed by atoms with E-state index in [4.69, 9.17) is 11.6 Å². The van der Waals surface area contributed by atoms with E-state index in [-0.39, 0.29) is 16.5 Å². The lowest BCUT2D eigenvalue weighted by Gasteiger charge is -2.24. The quantitative estimate of drug-likeness (QED) is 0.902. The summed E-state index contributed by atoms with van der Waals surface area (Å²) in [6.07, 6.45) is 5.03. The molecule has 1 aromatic carbocycles. The molecule has 2 aromatic rings. The maximum absolute atomic E-state index is 13.3. The first-order valence-corrected chi connectivity index (χ1v) is 8.67. The molecule has 1 fully saturated rings. The maximum Gasteiger partial charge on any atom is 0.241 e. The summed E-state index contributed by atoms with van der Waals surface area (Å²) in [4.78, 5) is -0.219. The van der Waals surface area contributed by atoms with Crippen molar-refractivity contribution in [2.45, 2.75) is 36.7 Å². The summed E-state index contributed by atoms with van der Waals surface area (Å²) in [6, 6.07) is 3.52. The third kappa shape index (κ3) is 3.29. The van der Waals surface area contributed by atoms with Crippen molar-refractivity contribution in [3.63, 3.8) is 0 Å². The highest BCUT2D eigenvalue weighted by atomic mass is 35.5. The van der Waals surface area contributed by atoms with Crippen LogP contribution >= 0.6 is 11.6 Å². The van der Waals surface area contributed by atoms with Crippen molar-refractivity contribution in [3.8, 4) is 0 Å².